The summed E-state index contributed by atoms with van der Waals surface area (Å²) in [6.45, 7) is 6.62. The summed E-state index contributed by atoms with van der Waals surface area (Å²) in [4.78, 5) is 12.0. The summed E-state index contributed by atoms with van der Waals surface area (Å²) in [7, 11) is 0. The predicted molar refractivity (Wildman–Crippen MR) is 86.4 cm³/mol. The highest BCUT2D eigenvalue weighted by molar-refractivity contribution is 6.36. The lowest BCUT2D eigenvalue weighted by molar-refractivity contribution is -0.117. The summed E-state index contributed by atoms with van der Waals surface area (Å²) >= 11 is 12.1. The number of carbonyl (C=O) groups excluding carboxylic acids is 1. The van der Waals surface area contributed by atoms with Crippen molar-refractivity contribution in [2.45, 2.75) is 33.6 Å². The first kappa shape index (κ1) is 17.3. The summed E-state index contributed by atoms with van der Waals surface area (Å²) in [5.41, 5.74) is 7.14. The van der Waals surface area contributed by atoms with Gasteiger partial charge in [-0.15, -0.1) is 0 Å². The molecule has 1 amide bonds. The molecule has 0 unspecified atom stereocenters. The van der Waals surface area contributed by atoms with E-state index in [0.717, 1.165) is 12.0 Å². The van der Waals surface area contributed by atoms with Crippen molar-refractivity contribution in [2.75, 3.05) is 11.9 Å². The molecule has 0 saturated carbocycles. The van der Waals surface area contributed by atoms with Gasteiger partial charge in [0.15, 0.2) is 0 Å². The molecule has 0 aromatic heterocycles. The minimum atomic E-state index is -0.0806. The molecule has 0 radical (unpaired) electrons. The van der Waals surface area contributed by atoms with Crippen molar-refractivity contribution in [3.63, 3.8) is 0 Å². The Hall–Kier alpha value is -0.770. The van der Waals surface area contributed by atoms with Crippen LogP contribution in [0.15, 0.2) is 12.1 Å². The van der Waals surface area contributed by atoms with Gasteiger partial charge in [0.05, 0.1) is 10.7 Å². The molecule has 0 saturated heterocycles. The third-order valence-corrected chi connectivity index (χ3v) is 3.85. The van der Waals surface area contributed by atoms with Crippen LogP contribution in [0.3, 0.4) is 0 Å². The van der Waals surface area contributed by atoms with Crippen LogP contribution in [0, 0.1) is 18.8 Å². The highest BCUT2D eigenvalue weighted by atomic mass is 35.5. The van der Waals surface area contributed by atoms with E-state index in [1.807, 2.05) is 6.92 Å². The summed E-state index contributed by atoms with van der Waals surface area (Å²) in [6.07, 6.45) is 1.34. The lowest BCUT2D eigenvalue weighted by Gasteiger charge is -2.17. The number of amides is 1. The van der Waals surface area contributed by atoms with Crippen LogP contribution in [0.25, 0.3) is 0 Å². The van der Waals surface area contributed by atoms with E-state index in [9.17, 15) is 4.79 Å². The van der Waals surface area contributed by atoms with Crippen molar-refractivity contribution < 1.29 is 4.79 Å². The van der Waals surface area contributed by atoms with Gasteiger partial charge < -0.3 is 11.1 Å². The Morgan fingerprint density at radius 1 is 1.30 bits per heavy atom. The SMILES string of the molecule is Cc1cc(Cl)c(NC(=O)C[C@@H](CN)CC(C)C)cc1Cl. The quantitative estimate of drug-likeness (QED) is 0.824. The van der Waals surface area contributed by atoms with Gasteiger partial charge in [0.1, 0.15) is 0 Å². The molecule has 0 aliphatic heterocycles. The monoisotopic (exact) mass is 316 g/mol. The molecule has 20 heavy (non-hydrogen) atoms. The van der Waals surface area contributed by atoms with E-state index in [4.69, 9.17) is 28.9 Å². The molecule has 0 spiro atoms. The third kappa shape index (κ3) is 5.31. The van der Waals surface area contributed by atoms with Crippen LogP contribution in [0.1, 0.15) is 32.3 Å². The van der Waals surface area contributed by atoms with Crippen molar-refractivity contribution in [1.82, 2.24) is 0 Å². The fourth-order valence-corrected chi connectivity index (χ4v) is 2.56. The van der Waals surface area contributed by atoms with Crippen molar-refractivity contribution in [3.8, 4) is 0 Å². The van der Waals surface area contributed by atoms with Crippen LogP contribution in [-0.2, 0) is 4.79 Å². The summed E-state index contributed by atoms with van der Waals surface area (Å²) in [5, 5.41) is 3.88. The van der Waals surface area contributed by atoms with Crippen molar-refractivity contribution in [3.05, 3.63) is 27.7 Å². The lowest BCUT2D eigenvalue weighted by Crippen LogP contribution is -2.23. The molecular weight excluding hydrogens is 295 g/mol. The zero-order valence-corrected chi connectivity index (χ0v) is 13.7. The fraction of sp³-hybridized carbons (Fsp3) is 0.533. The lowest BCUT2D eigenvalue weighted by atomic mass is 9.94. The Balaban J connectivity index is 2.68. The first-order valence-electron chi connectivity index (χ1n) is 6.79. The van der Waals surface area contributed by atoms with E-state index in [2.05, 4.69) is 19.2 Å². The van der Waals surface area contributed by atoms with E-state index in [1.165, 1.54) is 0 Å². The Labute approximate surface area is 130 Å². The zero-order chi connectivity index (χ0) is 15.3. The molecule has 0 bridgehead atoms. The molecule has 112 valence electrons. The van der Waals surface area contributed by atoms with Gasteiger partial charge in [0.2, 0.25) is 5.91 Å². The maximum atomic E-state index is 12.0. The number of hydrogen-bond acceptors (Lipinski definition) is 2. The number of aryl methyl sites for hydroxylation is 1. The maximum absolute atomic E-state index is 12.0. The van der Waals surface area contributed by atoms with E-state index >= 15 is 0 Å². The second kappa shape index (κ2) is 7.87. The Morgan fingerprint density at radius 3 is 2.50 bits per heavy atom. The van der Waals surface area contributed by atoms with Gasteiger partial charge in [-0.1, -0.05) is 37.0 Å². The number of anilines is 1. The van der Waals surface area contributed by atoms with E-state index in [1.54, 1.807) is 12.1 Å². The maximum Gasteiger partial charge on any atom is 0.224 e. The molecule has 1 rings (SSSR count). The second-order valence-electron chi connectivity index (χ2n) is 5.56. The molecule has 3 nitrogen and oxygen atoms in total. The number of hydrogen-bond donors (Lipinski definition) is 2. The van der Waals surface area contributed by atoms with Crippen LogP contribution in [0.4, 0.5) is 5.69 Å². The number of nitrogens with two attached hydrogens (primary N) is 1. The van der Waals surface area contributed by atoms with Gasteiger partial charge in [0, 0.05) is 11.4 Å². The Morgan fingerprint density at radius 2 is 1.95 bits per heavy atom. The Kier molecular flexibility index (Phi) is 6.80. The predicted octanol–water partition coefficient (Wildman–Crippen LogP) is 4.25. The first-order valence-corrected chi connectivity index (χ1v) is 7.54. The van der Waals surface area contributed by atoms with Crippen LogP contribution >= 0.6 is 23.2 Å². The molecule has 0 aliphatic carbocycles. The topological polar surface area (TPSA) is 55.1 Å². The van der Waals surface area contributed by atoms with Crippen LogP contribution in [0.5, 0.6) is 0 Å². The average Bonchev–Trinajstić information content (AvgIpc) is 2.34. The largest absolute Gasteiger partial charge is 0.330 e. The van der Waals surface area contributed by atoms with Gasteiger partial charge in [-0.3, -0.25) is 4.79 Å². The smallest absolute Gasteiger partial charge is 0.224 e. The average molecular weight is 317 g/mol. The van der Waals surface area contributed by atoms with E-state index in [-0.39, 0.29) is 11.8 Å². The standard InChI is InChI=1S/C15H22Cl2N2O/c1-9(2)4-11(8-18)6-15(20)19-14-7-12(16)10(3)5-13(14)17/h5,7,9,11H,4,6,8,18H2,1-3H3,(H,19,20)/t11-/m0/s1. The number of halogens is 2. The van der Waals surface area contributed by atoms with Crippen LogP contribution < -0.4 is 11.1 Å². The fourth-order valence-electron chi connectivity index (χ4n) is 2.14. The summed E-state index contributed by atoms with van der Waals surface area (Å²) in [6, 6.07) is 3.42. The molecule has 0 fully saturated rings. The highest BCUT2D eigenvalue weighted by Crippen LogP contribution is 2.29. The zero-order valence-electron chi connectivity index (χ0n) is 12.2. The minimum absolute atomic E-state index is 0.0806. The normalized spacial score (nSPS) is 12.6. The molecule has 0 aliphatic rings. The molecule has 5 heteroatoms. The van der Waals surface area contributed by atoms with Crippen molar-refractivity contribution in [2.24, 2.45) is 17.6 Å². The first-order chi connectivity index (χ1) is 9.33. The van der Waals surface area contributed by atoms with Crippen LogP contribution in [0.2, 0.25) is 10.0 Å². The van der Waals surface area contributed by atoms with Gasteiger partial charge in [-0.2, -0.15) is 0 Å². The number of nitrogens with one attached hydrogen (secondary N) is 1. The molecule has 1 atom stereocenters. The van der Waals surface area contributed by atoms with E-state index in [0.29, 0.717) is 34.6 Å². The van der Waals surface area contributed by atoms with Gasteiger partial charge >= 0.3 is 0 Å². The van der Waals surface area contributed by atoms with Gasteiger partial charge in [0.25, 0.3) is 0 Å². The highest BCUT2D eigenvalue weighted by Gasteiger charge is 2.15. The summed E-state index contributed by atoms with van der Waals surface area (Å²) < 4.78 is 0. The number of benzene rings is 1. The summed E-state index contributed by atoms with van der Waals surface area (Å²) in [5.74, 6) is 0.631. The second-order valence-corrected chi connectivity index (χ2v) is 6.38. The van der Waals surface area contributed by atoms with Crippen LogP contribution in [-0.4, -0.2) is 12.5 Å². The molecule has 1 aromatic rings. The molecule has 1 aromatic carbocycles. The van der Waals surface area contributed by atoms with Gasteiger partial charge in [-0.05, 0) is 49.4 Å². The minimum Gasteiger partial charge on any atom is -0.330 e. The van der Waals surface area contributed by atoms with Gasteiger partial charge in [-0.25, -0.2) is 0 Å². The third-order valence-electron chi connectivity index (χ3n) is 3.13. The molecular formula is C15H22Cl2N2O. The molecule has 3 N–H and O–H groups in total. The van der Waals surface area contributed by atoms with Crippen molar-refractivity contribution in [1.29, 1.82) is 0 Å². The van der Waals surface area contributed by atoms with E-state index < -0.39 is 0 Å². The van der Waals surface area contributed by atoms with Crippen molar-refractivity contribution >= 4 is 34.8 Å². The number of carbonyl (C=O) groups is 1. The number of rotatable bonds is 6. The Bertz CT molecular complexity index is 475. The molecule has 0 heterocycles.